The van der Waals surface area contributed by atoms with Crippen LogP contribution in [0.3, 0.4) is 0 Å². The van der Waals surface area contributed by atoms with E-state index in [-0.39, 0.29) is 127 Å². The van der Waals surface area contributed by atoms with Gasteiger partial charge in [0.2, 0.25) is 45.9 Å². The summed E-state index contributed by atoms with van der Waals surface area (Å²) in [6.45, 7) is 16.1. The van der Waals surface area contributed by atoms with Gasteiger partial charge in [0.1, 0.15) is 31.3 Å². The summed E-state index contributed by atoms with van der Waals surface area (Å²) < 4.78 is 57.3. The van der Waals surface area contributed by atoms with E-state index in [1.54, 1.807) is 17.0 Å². The molecule has 6 unspecified atom stereocenters. The molecule has 0 bridgehead atoms. The van der Waals surface area contributed by atoms with Crippen LogP contribution in [0.2, 0.25) is 0 Å². The highest BCUT2D eigenvalue weighted by Crippen LogP contribution is 2.31. The second-order valence-corrected chi connectivity index (χ2v) is 23.3. The first kappa shape index (κ1) is 70.5. The lowest BCUT2D eigenvalue weighted by atomic mass is 9.98. The predicted octanol–water partition coefficient (Wildman–Crippen LogP) is 2.50. The average Bonchev–Trinajstić information content (AvgIpc) is 3.60. The molecule has 28 heteroatoms. The topological polar surface area (TPSA) is 355 Å². The summed E-state index contributed by atoms with van der Waals surface area (Å²) in [5.74, 6) is 0.232. The standard InChI is InChI=1S/C56H86B2N4O22/c1-53(2,60-47(66)38-25-34(31-76-51(57)72)9-11-40(38)81-45-29-36(63)27-42(83-45)49(68)69)15-19-78-55(5,6)13-17-62(44(65)33-75-22-21-74-23-24-80-59)18-14-56(7,8)79-20-16-54(3,4)61-48(67)39-26-35(32-77-52(58)73)10-12-41(39)82-46-30-37(64)28-43(84-46)50(70)71/h9-12,25-26,36-37,42-43,45-46,63-64H,13-24,27-33,57-59H2,1-8H3,(H,60,66)(H,61,67)(H,68,69)(H,70,71). The van der Waals surface area contributed by atoms with Gasteiger partial charge in [0.25, 0.3) is 11.8 Å². The number of benzene rings is 2. The SMILES string of the molecule is BC(=O)OCc1ccc(OC2CC(O)CC(C(=O)O)O2)c(C(=O)NC(C)(C)CCOC(C)(C)CCN(CCC(C)(C)OCCC(C)(C)NC(=O)c2cc(COC(B)=O)ccc2OC2CC(O)CC(C(=O)O)O2)C(=O)COCCOCCON)c1. The number of aliphatic hydroxyl groups is 2. The molecule has 6 atom stereocenters. The van der Waals surface area contributed by atoms with Gasteiger partial charge in [-0.05, 0) is 116 Å². The smallest absolute Gasteiger partial charge is 0.333 e. The molecule has 2 aliphatic rings. The van der Waals surface area contributed by atoms with E-state index in [1.165, 1.54) is 40.0 Å². The minimum absolute atomic E-state index is 0.0365. The second-order valence-electron chi connectivity index (χ2n) is 23.3. The summed E-state index contributed by atoms with van der Waals surface area (Å²) in [4.78, 5) is 94.6. The molecule has 2 aromatic carbocycles. The van der Waals surface area contributed by atoms with Gasteiger partial charge >= 0.3 is 11.9 Å². The number of amides is 3. The molecule has 0 aliphatic carbocycles. The fourth-order valence-corrected chi connectivity index (χ4v) is 8.67. The van der Waals surface area contributed by atoms with Gasteiger partial charge in [0.05, 0.1) is 61.0 Å². The van der Waals surface area contributed by atoms with Crippen LogP contribution in [0, 0.1) is 0 Å². The third-order valence-electron chi connectivity index (χ3n) is 13.7. The molecular weight excluding hydrogens is 1100 g/mol. The minimum atomic E-state index is -1.31. The van der Waals surface area contributed by atoms with Crippen LogP contribution in [0.1, 0.15) is 139 Å². The summed E-state index contributed by atoms with van der Waals surface area (Å²) >= 11 is 0. The molecule has 0 spiro atoms. The Hall–Kier alpha value is -5.94. The summed E-state index contributed by atoms with van der Waals surface area (Å²) in [6.07, 6.45) is -5.84. The van der Waals surface area contributed by atoms with Gasteiger partial charge in [-0.1, -0.05) is 12.1 Å². The van der Waals surface area contributed by atoms with Crippen molar-refractivity contribution in [2.45, 2.75) is 179 Å². The van der Waals surface area contributed by atoms with Gasteiger partial charge in [0, 0.05) is 63.1 Å². The molecule has 84 heavy (non-hydrogen) atoms. The van der Waals surface area contributed by atoms with E-state index in [1.807, 2.05) is 55.4 Å². The second kappa shape index (κ2) is 33.1. The first-order valence-electron chi connectivity index (χ1n) is 28.0. The van der Waals surface area contributed by atoms with Crippen molar-refractivity contribution in [1.82, 2.24) is 15.5 Å². The Morgan fingerprint density at radius 1 is 0.595 bits per heavy atom. The van der Waals surface area contributed by atoms with Crippen LogP contribution in [0.15, 0.2) is 36.4 Å². The average molecular weight is 1190 g/mol. The van der Waals surface area contributed by atoms with Crippen LogP contribution < -0.4 is 26.0 Å². The molecule has 4 rings (SSSR count). The number of rotatable bonds is 36. The highest BCUT2D eigenvalue weighted by molar-refractivity contribution is 6.55. The third-order valence-corrected chi connectivity index (χ3v) is 13.7. The van der Waals surface area contributed by atoms with Crippen LogP contribution in [-0.4, -0.2) is 201 Å². The molecule has 2 aliphatic heterocycles. The van der Waals surface area contributed by atoms with Crippen LogP contribution >= 0.6 is 0 Å². The van der Waals surface area contributed by atoms with Gasteiger partial charge < -0.3 is 88.2 Å². The molecule has 3 amide bonds. The molecule has 2 heterocycles. The monoisotopic (exact) mass is 1190 g/mol. The van der Waals surface area contributed by atoms with Crippen molar-refractivity contribution in [1.29, 1.82) is 0 Å². The Kier molecular flexibility index (Phi) is 27.8. The van der Waals surface area contributed by atoms with Gasteiger partial charge in [-0.15, -0.1) is 0 Å². The van der Waals surface area contributed by atoms with E-state index in [9.17, 15) is 54.0 Å². The van der Waals surface area contributed by atoms with Gasteiger partial charge in [-0.25, -0.2) is 15.5 Å². The van der Waals surface area contributed by atoms with E-state index >= 15 is 0 Å². The molecule has 2 fully saturated rings. The predicted molar refractivity (Wildman–Crippen MR) is 305 cm³/mol. The number of carboxylic acids is 2. The number of carboxylic acid groups (broad SMARTS) is 2. The highest BCUT2D eigenvalue weighted by atomic mass is 16.7. The van der Waals surface area contributed by atoms with Crippen molar-refractivity contribution in [3.05, 3.63) is 58.7 Å². The van der Waals surface area contributed by atoms with Crippen LogP contribution in [0.5, 0.6) is 11.5 Å². The van der Waals surface area contributed by atoms with Crippen LogP contribution in [0.25, 0.3) is 0 Å². The Bertz CT molecular complexity index is 2360. The van der Waals surface area contributed by atoms with E-state index < -0.39 is 94.8 Å². The number of nitrogens with two attached hydrogens (primary N) is 1. The van der Waals surface area contributed by atoms with Crippen LogP contribution in [-0.2, 0) is 70.3 Å². The summed E-state index contributed by atoms with van der Waals surface area (Å²) in [5.41, 5.74) is -2.17. The minimum Gasteiger partial charge on any atom is -0.479 e. The number of hydrogen-bond acceptors (Lipinski definition) is 21. The lowest BCUT2D eigenvalue weighted by Crippen LogP contribution is -2.46. The fourth-order valence-electron chi connectivity index (χ4n) is 8.67. The number of aliphatic hydroxyl groups excluding tert-OH is 2. The zero-order chi connectivity index (χ0) is 62.4. The zero-order valence-electron chi connectivity index (χ0n) is 50.0. The lowest BCUT2D eigenvalue weighted by molar-refractivity contribution is -0.195. The van der Waals surface area contributed by atoms with E-state index in [4.69, 9.17) is 53.3 Å². The molecule has 2 aromatic rings. The van der Waals surface area contributed by atoms with Gasteiger partial charge in [-0.2, -0.15) is 0 Å². The van der Waals surface area contributed by atoms with Crippen molar-refractivity contribution in [2.24, 2.45) is 5.90 Å². The molecular formula is C56H86B2N4O22. The van der Waals surface area contributed by atoms with Crippen LogP contribution in [0.4, 0.5) is 9.59 Å². The maximum atomic E-state index is 14.0. The number of carbonyl (C=O) groups is 7. The van der Waals surface area contributed by atoms with Gasteiger partial charge in [-0.3, -0.25) is 24.0 Å². The van der Waals surface area contributed by atoms with Gasteiger partial charge in [0.15, 0.2) is 12.2 Å². The number of carbonyl (C=O) groups excluding carboxylic acids is 5. The first-order valence-corrected chi connectivity index (χ1v) is 28.0. The number of ether oxygens (including phenoxy) is 10. The van der Waals surface area contributed by atoms with Crippen molar-refractivity contribution in [2.75, 3.05) is 59.3 Å². The molecule has 0 radical (unpaired) electrons. The molecule has 0 aromatic heterocycles. The van der Waals surface area contributed by atoms with Crippen molar-refractivity contribution < 1.29 is 106 Å². The van der Waals surface area contributed by atoms with E-state index in [0.29, 0.717) is 36.8 Å². The molecule has 8 N–H and O–H groups in total. The van der Waals surface area contributed by atoms with E-state index in [2.05, 4.69) is 15.5 Å². The van der Waals surface area contributed by atoms with Crippen molar-refractivity contribution >= 4 is 57.1 Å². The number of hydrogen-bond donors (Lipinski definition) is 7. The number of nitrogens with one attached hydrogen (secondary N) is 2. The maximum absolute atomic E-state index is 14.0. The summed E-state index contributed by atoms with van der Waals surface area (Å²) in [5, 5.41) is 45.8. The Balaban J connectivity index is 1.38. The maximum Gasteiger partial charge on any atom is 0.333 e. The van der Waals surface area contributed by atoms with E-state index in [0.717, 1.165) is 0 Å². The quantitative estimate of drug-likeness (QED) is 0.0293. The zero-order valence-corrected chi connectivity index (χ0v) is 50.0. The molecule has 26 nitrogen and oxygen atoms in total. The molecule has 0 saturated carbocycles. The van der Waals surface area contributed by atoms with Crippen molar-refractivity contribution in [3.63, 3.8) is 0 Å². The third kappa shape index (κ3) is 25.7. The van der Waals surface area contributed by atoms with Crippen molar-refractivity contribution in [3.8, 4) is 11.5 Å². The highest BCUT2D eigenvalue weighted by Gasteiger charge is 2.37. The fraction of sp³-hybridized carbons (Fsp3) is 0.661. The molecule has 468 valence electrons. The molecule has 2 saturated heterocycles. The lowest BCUT2D eigenvalue weighted by Gasteiger charge is -2.34. The normalized spacial score (nSPS) is 19.4. The summed E-state index contributed by atoms with van der Waals surface area (Å²) in [6, 6.07) is 9.15. The Labute approximate surface area is 492 Å². The Morgan fingerprint density at radius 3 is 1.39 bits per heavy atom. The summed E-state index contributed by atoms with van der Waals surface area (Å²) in [7, 11) is 2.51. The number of nitrogens with zero attached hydrogens (tertiary/aromatic N) is 1. The number of aliphatic carboxylic acids is 2. The Morgan fingerprint density at radius 2 is 1.00 bits per heavy atom. The first-order chi connectivity index (χ1) is 39.3. The largest absolute Gasteiger partial charge is 0.479 e.